The fourth-order valence-corrected chi connectivity index (χ4v) is 2.79. The Bertz CT molecular complexity index is 465. The van der Waals surface area contributed by atoms with E-state index in [0.717, 1.165) is 0 Å². The van der Waals surface area contributed by atoms with E-state index in [1.807, 2.05) is 0 Å². The quantitative estimate of drug-likeness (QED) is 0.870. The Morgan fingerprint density at radius 3 is 2.75 bits per heavy atom. The van der Waals surface area contributed by atoms with Gasteiger partial charge in [0.05, 0.1) is 20.9 Å². The second-order valence-electron chi connectivity index (χ2n) is 3.13. The van der Waals surface area contributed by atoms with Gasteiger partial charge in [0.1, 0.15) is 0 Å². The van der Waals surface area contributed by atoms with E-state index >= 15 is 0 Å². The Kier molecular flexibility index (Phi) is 5.04. The summed E-state index contributed by atoms with van der Waals surface area (Å²) < 4.78 is 26.2. The van der Waals surface area contributed by atoms with Crippen molar-refractivity contribution in [3.05, 3.63) is 27.7 Å². The normalized spacial score (nSPS) is 11.4. The first-order valence-corrected chi connectivity index (χ1v) is 7.37. The van der Waals surface area contributed by atoms with Crippen molar-refractivity contribution in [3.63, 3.8) is 0 Å². The maximum atomic E-state index is 11.6. The van der Waals surface area contributed by atoms with Gasteiger partial charge in [-0.3, -0.25) is 4.72 Å². The first-order valence-electron chi connectivity index (χ1n) is 4.55. The number of hydrogen-bond donors (Lipinski definition) is 2. The zero-order chi connectivity index (χ0) is 12.2. The van der Waals surface area contributed by atoms with Gasteiger partial charge in [-0.1, -0.05) is 17.7 Å². The highest BCUT2D eigenvalue weighted by atomic mass is 79.9. The van der Waals surface area contributed by atoms with E-state index in [1.54, 1.807) is 25.2 Å². The molecule has 0 spiro atoms. The van der Waals surface area contributed by atoms with Gasteiger partial charge in [0.2, 0.25) is 10.0 Å². The molecule has 2 N–H and O–H groups in total. The second-order valence-corrected chi connectivity index (χ2v) is 6.17. The molecular weight excluding hydrogens is 316 g/mol. The predicted octanol–water partition coefficient (Wildman–Crippen LogP) is 2.06. The molecule has 0 saturated carbocycles. The van der Waals surface area contributed by atoms with Gasteiger partial charge in [0, 0.05) is 6.54 Å². The van der Waals surface area contributed by atoms with Crippen molar-refractivity contribution < 1.29 is 8.42 Å². The van der Waals surface area contributed by atoms with Crippen molar-refractivity contribution in [1.29, 1.82) is 0 Å². The lowest BCUT2D eigenvalue weighted by molar-refractivity contribution is 0.598. The van der Waals surface area contributed by atoms with Gasteiger partial charge in [0.15, 0.2) is 0 Å². The van der Waals surface area contributed by atoms with Gasteiger partial charge in [-0.2, -0.15) is 0 Å². The number of benzene rings is 1. The number of sulfonamides is 1. The minimum Gasteiger partial charge on any atom is -0.319 e. The third-order valence-electron chi connectivity index (χ3n) is 1.84. The van der Waals surface area contributed by atoms with Gasteiger partial charge in [-0.05, 0) is 35.1 Å². The molecule has 0 saturated heterocycles. The van der Waals surface area contributed by atoms with Crippen LogP contribution in [-0.4, -0.2) is 27.8 Å². The van der Waals surface area contributed by atoms with Crippen LogP contribution in [0.4, 0.5) is 5.69 Å². The maximum absolute atomic E-state index is 11.6. The zero-order valence-electron chi connectivity index (χ0n) is 8.63. The monoisotopic (exact) mass is 326 g/mol. The van der Waals surface area contributed by atoms with E-state index in [1.165, 1.54) is 0 Å². The molecule has 0 unspecified atom stereocenters. The average molecular weight is 328 g/mol. The summed E-state index contributed by atoms with van der Waals surface area (Å²) in [6.07, 6.45) is 0. The molecule has 0 radical (unpaired) electrons. The predicted molar refractivity (Wildman–Crippen MR) is 70.5 cm³/mol. The van der Waals surface area contributed by atoms with Crippen molar-refractivity contribution in [3.8, 4) is 0 Å². The van der Waals surface area contributed by atoms with Crippen LogP contribution in [0.2, 0.25) is 5.02 Å². The molecule has 0 fully saturated rings. The van der Waals surface area contributed by atoms with E-state index in [9.17, 15) is 8.42 Å². The summed E-state index contributed by atoms with van der Waals surface area (Å²) in [5.74, 6) is 0.0163. The topological polar surface area (TPSA) is 58.2 Å². The van der Waals surface area contributed by atoms with E-state index in [4.69, 9.17) is 11.6 Å². The molecule has 0 atom stereocenters. The minimum absolute atomic E-state index is 0.0163. The van der Waals surface area contributed by atoms with E-state index in [-0.39, 0.29) is 5.75 Å². The minimum atomic E-state index is -3.34. The molecule has 0 amide bonds. The molecule has 0 aliphatic heterocycles. The van der Waals surface area contributed by atoms with E-state index in [2.05, 4.69) is 26.0 Å². The summed E-state index contributed by atoms with van der Waals surface area (Å²) in [6.45, 7) is 0.396. The Morgan fingerprint density at radius 1 is 1.44 bits per heavy atom. The summed E-state index contributed by atoms with van der Waals surface area (Å²) in [4.78, 5) is 0. The van der Waals surface area contributed by atoms with Crippen molar-refractivity contribution >= 4 is 43.2 Å². The lowest BCUT2D eigenvalue weighted by Gasteiger charge is -2.10. The van der Waals surface area contributed by atoms with Gasteiger partial charge in [-0.15, -0.1) is 0 Å². The van der Waals surface area contributed by atoms with Crippen LogP contribution >= 0.6 is 27.5 Å². The summed E-state index contributed by atoms with van der Waals surface area (Å²) in [7, 11) is -1.64. The number of anilines is 1. The average Bonchev–Trinajstić information content (AvgIpc) is 2.22. The van der Waals surface area contributed by atoms with Crippen molar-refractivity contribution in [2.24, 2.45) is 0 Å². The lowest BCUT2D eigenvalue weighted by atomic mass is 10.3. The molecule has 0 aliphatic rings. The molecule has 0 aliphatic carbocycles. The maximum Gasteiger partial charge on any atom is 0.234 e. The molecule has 0 heterocycles. The van der Waals surface area contributed by atoms with Crippen LogP contribution in [0.3, 0.4) is 0 Å². The summed E-state index contributed by atoms with van der Waals surface area (Å²) in [5, 5.41) is 3.25. The summed E-state index contributed by atoms with van der Waals surface area (Å²) in [6, 6.07) is 5.01. The SMILES string of the molecule is CNCCS(=O)(=O)Nc1cccc(Cl)c1Br. The summed E-state index contributed by atoms with van der Waals surface area (Å²) >= 11 is 9.08. The fraction of sp³-hybridized carbons (Fsp3) is 0.333. The van der Waals surface area contributed by atoms with Crippen molar-refractivity contribution in [2.45, 2.75) is 0 Å². The van der Waals surface area contributed by atoms with E-state index in [0.29, 0.717) is 21.7 Å². The smallest absolute Gasteiger partial charge is 0.234 e. The largest absolute Gasteiger partial charge is 0.319 e. The number of hydrogen-bond acceptors (Lipinski definition) is 3. The first kappa shape index (κ1) is 13.8. The van der Waals surface area contributed by atoms with Crippen LogP contribution in [-0.2, 0) is 10.0 Å². The number of rotatable bonds is 5. The molecule has 1 rings (SSSR count). The fourth-order valence-electron chi connectivity index (χ4n) is 1.04. The summed E-state index contributed by atoms with van der Waals surface area (Å²) in [5.41, 5.74) is 0.448. The number of nitrogens with one attached hydrogen (secondary N) is 2. The van der Waals surface area contributed by atoms with Gasteiger partial charge < -0.3 is 5.32 Å². The van der Waals surface area contributed by atoms with Crippen LogP contribution < -0.4 is 10.0 Å². The standard InChI is InChI=1S/C9H12BrClN2O2S/c1-12-5-6-16(14,15)13-8-4-2-3-7(11)9(8)10/h2-4,12-13H,5-6H2,1H3. The molecule has 0 bridgehead atoms. The third-order valence-corrected chi connectivity index (χ3v) is 4.51. The van der Waals surface area contributed by atoms with E-state index < -0.39 is 10.0 Å². The highest BCUT2D eigenvalue weighted by Crippen LogP contribution is 2.30. The van der Waals surface area contributed by atoms with Crippen LogP contribution in [0.1, 0.15) is 0 Å². The molecule has 1 aromatic carbocycles. The van der Waals surface area contributed by atoms with Crippen molar-refractivity contribution in [1.82, 2.24) is 5.32 Å². The van der Waals surface area contributed by atoms with Crippen LogP contribution in [0.5, 0.6) is 0 Å². The second kappa shape index (κ2) is 5.86. The van der Waals surface area contributed by atoms with Crippen LogP contribution in [0.25, 0.3) is 0 Å². The molecule has 7 heteroatoms. The van der Waals surface area contributed by atoms with Crippen molar-refractivity contribution in [2.75, 3.05) is 24.1 Å². The lowest BCUT2D eigenvalue weighted by Crippen LogP contribution is -2.24. The highest BCUT2D eigenvalue weighted by Gasteiger charge is 2.12. The Hall–Kier alpha value is -0.300. The molecule has 4 nitrogen and oxygen atoms in total. The van der Waals surface area contributed by atoms with Gasteiger partial charge in [0.25, 0.3) is 0 Å². The van der Waals surface area contributed by atoms with Gasteiger partial charge in [-0.25, -0.2) is 8.42 Å². The first-order chi connectivity index (χ1) is 7.46. The Labute approximate surface area is 109 Å². The molecule has 16 heavy (non-hydrogen) atoms. The van der Waals surface area contributed by atoms with Crippen LogP contribution in [0.15, 0.2) is 22.7 Å². The Balaban J connectivity index is 2.84. The third kappa shape index (κ3) is 3.93. The highest BCUT2D eigenvalue weighted by molar-refractivity contribution is 9.10. The molecular formula is C9H12BrClN2O2S. The molecule has 1 aromatic rings. The molecule has 90 valence electrons. The molecule has 0 aromatic heterocycles. The zero-order valence-corrected chi connectivity index (χ0v) is 11.8. The van der Waals surface area contributed by atoms with Gasteiger partial charge >= 0.3 is 0 Å². The van der Waals surface area contributed by atoms with Crippen LogP contribution in [0, 0.1) is 0 Å². The number of halogens is 2. The Morgan fingerprint density at radius 2 is 2.12 bits per heavy atom.